The predicted molar refractivity (Wildman–Crippen MR) is 114 cm³/mol. The number of amides is 1. The number of aryl methyl sites for hydroxylation is 2. The first-order chi connectivity index (χ1) is 13.6. The molecule has 1 amide bonds. The van der Waals surface area contributed by atoms with Gasteiger partial charge >= 0.3 is 6.09 Å². The van der Waals surface area contributed by atoms with Crippen LogP contribution in [0.4, 0.5) is 4.79 Å². The van der Waals surface area contributed by atoms with E-state index in [9.17, 15) is 4.79 Å². The molecule has 1 aromatic rings. The summed E-state index contributed by atoms with van der Waals surface area (Å²) in [5, 5.41) is 14.3. The number of guanidine groups is 1. The summed E-state index contributed by atoms with van der Waals surface area (Å²) in [6, 6.07) is 0.153. The SMILES string of the molecule is CCc1nc2n(n1)CC(NC(=NC)NCC(NC(=O)OC(C)(C)C)C(C)C)CC2. The Balaban J connectivity index is 1.87. The smallest absolute Gasteiger partial charge is 0.407 e. The zero-order valence-corrected chi connectivity index (χ0v) is 18.9. The van der Waals surface area contributed by atoms with Crippen molar-refractivity contribution in [3.8, 4) is 0 Å². The van der Waals surface area contributed by atoms with Crippen molar-refractivity contribution in [1.29, 1.82) is 0 Å². The number of nitrogens with zero attached hydrogens (tertiary/aromatic N) is 4. The third-order valence-electron chi connectivity index (χ3n) is 4.78. The van der Waals surface area contributed by atoms with E-state index in [4.69, 9.17) is 4.74 Å². The average molecular weight is 408 g/mol. The molecule has 29 heavy (non-hydrogen) atoms. The highest BCUT2D eigenvalue weighted by Gasteiger charge is 2.24. The number of hydrogen-bond donors (Lipinski definition) is 3. The fraction of sp³-hybridized carbons (Fsp3) is 0.800. The van der Waals surface area contributed by atoms with Crippen LogP contribution in [0.15, 0.2) is 4.99 Å². The van der Waals surface area contributed by atoms with E-state index in [1.165, 1.54) is 0 Å². The number of ether oxygens (including phenoxy) is 1. The van der Waals surface area contributed by atoms with Crippen molar-refractivity contribution < 1.29 is 9.53 Å². The molecule has 3 N–H and O–H groups in total. The van der Waals surface area contributed by atoms with Gasteiger partial charge in [-0.2, -0.15) is 5.10 Å². The minimum atomic E-state index is -0.518. The van der Waals surface area contributed by atoms with E-state index in [-0.39, 0.29) is 18.0 Å². The predicted octanol–water partition coefficient (Wildman–Crippen LogP) is 1.87. The van der Waals surface area contributed by atoms with Gasteiger partial charge in [-0.25, -0.2) is 14.5 Å². The Morgan fingerprint density at radius 3 is 2.69 bits per heavy atom. The molecular weight excluding hydrogens is 370 g/mol. The Morgan fingerprint density at radius 2 is 2.10 bits per heavy atom. The molecule has 1 aliphatic heterocycles. The number of hydrogen-bond acceptors (Lipinski definition) is 5. The molecule has 2 unspecified atom stereocenters. The van der Waals surface area contributed by atoms with Gasteiger partial charge in [-0.3, -0.25) is 4.99 Å². The normalized spacial score (nSPS) is 18.2. The second-order valence-corrected chi connectivity index (χ2v) is 8.81. The van der Waals surface area contributed by atoms with E-state index in [0.29, 0.717) is 12.5 Å². The van der Waals surface area contributed by atoms with Crippen LogP contribution in [-0.2, 0) is 24.1 Å². The highest BCUT2D eigenvalue weighted by atomic mass is 16.6. The first-order valence-corrected chi connectivity index (χ1v) is 10.5. The standard InChI is InChI=1S/C20H37N7O2/c1-8-16-25-17-10-9-14(12-27(17)26-16)23-18(21-7)22-11-15(13(2)3)24-19(28)29-20(4,5)6/h13-15H,8-12H2,1-7H3,(H,24,28)(H2,21,22,23). The van der Waals surface area contributed by atoms with Crippen LogP contribution in [0.3, 0.4) is 0 Å². The highest BCUT2D eigenvalue weighted by molar-refractivity contribution is 5.80. The van der Waals surface area contributed by atoms with Gasteiger partial charge in [0.15, 0.2) is 11.8 Å². The summed E-state index contributed by atoms with van der Waals surface area (Å²) >= 11 is 0. The van der Waals surface area contributed by atoms with Gasteiger partial charge in [0.05, 0.1) is 12.6 Å². The molecule has 0 spiro atoms. The first kappa shape index (κ1) is 23.0. The van der Waals surface area contributed by atoms with Crippen LogP contribution in [0, 0.1) is 5.92 Å². The summed E-state index contributed by atoms with van der Waals surface area (Å²) in [6.07, 6.45) is 2.32. The maximum atomic E-state index is 12.1. The molecule has 0 bridgehead atoms. The van der Waals surface area contributed by atoms with Crippen molar-refractivity contribution >= 4 is 12.1 Å². The van der Waals surface area contributed by atoms with Crippen LogP contribution < -0.4 is 16.0 Å². The van der Waals surface area contributed by atoms with E-state index in [1.54, 1.807) is 7.05 Å². The second-order valence-electron chi connectivity index (χ2n) is 8.81. The minimum Gasteiger partial charge on any atom is -0.444 e. The molecule has 2 rings (SSSR count). The van der Waals surface area contributed by atoms with Crippen molar-refractivity contribution in [2.75, 3.05) is 13.6 Å². The van der Waals surface area contributed by atoms with Gasteiger partial charge < -0.3 is 20.7 Å². The summed E-state index contributed by atoms with van der Waals surface area (Å²) in [4.78, 5) is 21.0. The molecule has 0 saturated heterocycles. The lowest BCUT2D eigenvalue weighted by molar-refractivity contribution is 0.0491. The van der Waals surface area contributed by atoms with Gasteiger partial charge in [-0.1, -0.05) is 20.8 Å². The van der Waals surface area contributed by atoms with Crippen molar-refractivity contribution in [3.63, 3.8) is 0 Å². The number of nitrogens with one attached hydrogen (secondary N) is 3. The summed E-state index contributed by atoms with van der Waals surface area (Å²) in [6.45, 7) is 13.1. The Kier molecular flexibility index (Phi) is 7.87. The van der Waals surface area contributed by atoms with Crippen LogP contribution in [0.5, 0.6) is 0 Å². The topological polar surface area (TPSA) is 105 Å². The van der Waals surface area contributed by atoms with Crippen molar-refractivity contribution in [3.05, 3.63) is 11.6 Å². The Morgan fingerprint density at radius 1 is 1.38 bits per heavy atom. The molecular formula is C20H37N7O2. The van der Waals surface area contributed by atoms with Gasteiger partial charge in [-0.15, -0.1) is 0 Å². The van der Waals surface area contributed by atoms with Crippen LogP contribution >= 0.6 is 0 Å². The fourth-order valence-corrected chi connectivity index (χ4v) is 3.14. The average Bonchev–Trinajstić information content (AvgIpc) is 3.04. The number of aliphatic imine (C=N–C) groups is 1. The molecule has 0 radical (unpaired) electrons. The first-order valence-electron chi connectivity index (χ1n) is 10.5. The Labute approximate surface area is 174 Å². The van der Waals surface area contributed by atoms with E-state index in [2.05, 4.69) is 51.8 Å². The molecule has 164 valence electrons. The molecule has 0 aromatic carbocycles. The van der Waals surface area contributed by atoms with Crippen LogP contribution in [-0.4, -0.2) is 58.1 Å². The summed E-state index contributed by atoms with van der Waals surface area (Å²) in [5.74, 6) is 2.92. The van der Waals surface area contributed by atoms with E-state index in [0.717, 1.165) is 37.5 Å². The van der Waals surface area contributed by atoms with E-state index in [1.807, 2.05) is 25.5 Å². The fourth-order valence-electron chi connectivity index (χ4n) is 3.14. The summed E-state index contributed by atoms with van der Waals surface area (Å²) < 4.78 is 7.37. The van der Waals surface area contributed by atoms with Gasteiger partial charge in [0.1, 0.15) is 11.4 Å². The molecule has 1 aliphatic rings. The van der Waals surface area contributed by atoms with Crippen LogP contribution in [0.25, 0.3) is 0 Å². The minimum absolute atomic E-state index is 0.0798. The highest BCUT2D eigenvalue weighted by Crippen LogP contribution is 2.13. The number of carbonyl (C=O) groups excluding carboxylic acids is 1. The quantitative estimate of drug-likeness (QED) is 0.491. The molecule has 9 nitrogen and oxygen atoms in total. The lowest BCUT2D eigenvalue weighted by Gasteiger charge is -2.28. The summed E-state index contributed by atoms with van der Waals surface area (Å²) in [7, 11) is 1.75. The Bertz CT molecular complexity index is 706. The number of fused-ring (bicyclic) bond motifs is 1. The zero-order chi connectivity index (χ0) is 21.6. The van der Waals surface area contributed by atoms with E-state index >= 15 is 0 Å². The van der Waals surface area contributed by atoms with Crippen LogP contribution in [0.1, 0.15) is 59.6 Å². The van der Waals surface area contributed by atoms with Crippen molar-refractivity contribution in [2.24, 2.45) is 10.9 Å². The van der Waals surface area contributed by atoms with Gasteiger partial charge in [0.25, 0.3) is 0 Å². The van der Waals surface area contributed by atoms with Crippen molar-refractivity contribution in [2.45, 2.75) is 85.0 Å². The maximum Gasteiger partial charge on any atom is 0.407 e. The molecule has 0 fully saturated rings. The molecule has 9 heteroatoms. The number of carbonyl (C=O) groups is 1. The number of alkyl carbamates (subject to hydrolysis) is 1. The molecule has 2 atom stereocenters. The van der Waals surface area contributed by atoms with Crippen molar-refractivity contribution in [1.82, 2.24) is 30.7 Å². The molecule has 0 saturated carbocycles. The van der Waals surface area contributed by atoms with E-state index < -0.39 is 11.7 Å². The molecule has 2 heterocycles. The number of aromatic nitrogens is 3. The maximum absolute atomic E-state index is 12.1. The monoisotopic (exact) mass is 407 g/mol. The number of rotatable bonds is 6. The third kappa shape index (κ3) is 7.21. The Hall–Kier alpha value is -2.32. The van der Waals surface area contributed by atoms with Gasteiger partial charge in [0.2, 0.25) is 0 Å². The lowest BCUT2D eigenvalue weighted by Crippen LogP contribution is -2.52. The van der Waals surface area contributed by atoms with Gasteiger partial charge in [-0.05, 0) is 33.1 Å². The van der Waals surface area contributed by atoms with Crippen LogP contribution in [0.2, 0.25) is 0 Å². The third-order valence-corrected chi connectivity index (χ3v) is 4.78. The zero-order valence-electron chi connectivity index (χ0n) is 18.9. The lowest BCUT2D eigenvalue weighted by atomic mass is 10.0. The second kappa shape index (κ2) is 9.93. The summed E-state index contributed by atoms with van der Waals surface area (Å²) in [5.41, 5.74) is -0.518. The largest absolute Gasteiger partial charge is 0.444 e. The van der Waals surface area contributed by atoms with Gasteiger partial charge in [0, 0.05) is 32.5 Å². The molecule has 1 aromatic heterocycles. The molecule has 0 aliphatic carbocycles.